The summed E-state index contributed by atoms with van der Waals surface area (Å²) < 4.78 is 0. The summed E-state index contributed by atoms with van der Waals surface area (Å²) in [6.07, 6.45) is 12.8. The third-order valence-electron chi connectivity index (χ3n) is 6.13. The third kappa shape index (κ3) is 3.16. The molecule has 2 heteroatoms. The van der Waals surface area contributed by atoms with Crippen LogP contribution in [0.3, 0.4) is 0 Å². The molecule has 19 heavy (non-hydrogen) atoms. The molecule has 110 valence electrons. The van der Waals surface area contributed by atoms with Gasteiger partial charge in [0.15, 0.2) is 0 Å². The Balaban J connectivity index is 1.61. The number of likely N-dealkylation sites (tertiary alicyclic amines) is 1. The summed E-state index contributed by atoms with van der Waals surface area (Å²) in [5.41, 5.74) is 6.40. The fraction of sp³-hybridized carbons (Fsp3) is 1.00. The molecule has 0 spiro atoms. The van der Waals surface area contributed by atoms with Gasteiger partial charge in [-0.3, -0.25) is 4.90 Å². The van der Waals surface area contributed by atoms with Gasteiger partial charge in [-0.25, -0.2) is 0 Å². The molecule has 3 fully saturated rings. The monoisotopic (exact) mass is 264 g/mol. The van der Waals surface area contributed by atoms with E-state index >= 15 is 0 Å². The first-order chi connectivity index (χ1) is 9.24. The zero-order valence-corrected chi connectivity index (χ0v) is 12.7. The highest BCUT2D eigenvalue weighted by Gasteiger charge is 2.36. The van der Waals surface area contributed by atoms with Gasteiger partial charge < -0.3 is 5.73 Å². The zero-order valence-electron chi connectivity index (χ0n) is 12.7. The molecule has 0 amide bonds. The maximum atomic E-state index is 6.40. The molecule has 5 atom stereocenters. The maximum absolute atomic E-state index is 6.40. The number of rotatable bonds is 2. The van der Waals surface area contributed by atoms with E-state index in [2.05, 4.69) is 11.8 Å². The lowest BCUT2D eigenvalue weighted by Gasteiger charge is -2.47. The topological polar surface area (TPSA) is 29.3 Å². The van der Waals surface area contributed by atoms with Crippen molar-refractivity contribution in [2.24, 2.45) is 23.5 Å². The van der Waals surface area contributed by atoms with E-state index in [-0.39, 0.29) is 0 Å². The molecule has 2 nitrogen and oxygen atoms in total. The summed E-state index contributed by atoms with van der Waals surface area (Å²) in [5, 5.41) is 0. The molecule has 0 aromatic carbocycles. The number of hydrogen-bond acceptors (Lipinski definition) is 2. The normalized spacial score (nSPS) is 44.8. The van der Waals surface area contributed by atoms with Crippen LogP contribution in [0.5, 0.6) is 0 Å². The van der Waals surface area contributed by atoms with E-state index in [1.165, 1.54) is 70.9 Å². The quantitative estimate of drug-likeness (QED) is 0.828. The zero-order chi connectivity index (χ0) is 13.2. The van der Waals surface area contributed by atoms with Gasteiger partial charge >= 0.3 is 0 Å². The standard InChI is InChI=1S/C17H32N2/c1-13-8-9-16(18)15(11-13)12-19-10-4-6-14-5-2-3-7-17(14)19/h13-17H,2-12,18H2,1H3/t13?,14-,15?,16?,17-/m1/s1. The Hall–Kier alpha value is -0.0800. The van der Waals surface area contributed by atoms with Crippen molar-refractivity contribution in [1.29, 1.82) is 0 Å². The Morgan fingerprint density at radius 3 is 2.68 bits per heavy atom. The van der Waals surface area contributed by atoms with Crippen molar-refractivity contribution in [3.05, 3.63) is 0 Å². The number of fused-ring (bicyclic) bond motifs is 1. The summed E-state index contributed by atoms with van der Waals surface area (Å²) in [6, 6.07) is 1.38. The van der Waals surface area contributed by atoms with Gasteiger partial charge in [0.25, 0.3) is 0 Å². The molecule has 0 bridgehead atoms. The fourth-order valence-corrected chi connectivity index (χ4v) is 4.99. The van der Waals surface area contributed by atoms with Crippen molar-refractivity contribution in [2.45, 2.75) is 76.8 Å². The molecular weight excluding hydrogens is 232 g/mol. The summed E-state index contributed by atoms with van der Waals surface area (Å²) in [7, 11) is 0. The molecule has 3 rings (SSSR count). The van der Waals surface area contributed by atoms with Crippen LogP contribution in [0, 0.1) is 17.8 Å². The van der Waals surface area contributed by atoms with Gasteiger partial charge in [-0.1, -0.05) is 19.8 Å². The van der Waals surface area contributed by atoms with Crippen LogP contribution >= 0.6 is 0 Å². The van der Waals surface area contributed by atoms with E-state index in [4.69, 9.17) is 5.73 Å². The van der Waals surface area contributed by atoms with Crippen molar-refractivity contribution in [1.82, 2.24) is 4.90 Å². The van der Waals surface area contributed by atoms with E-state index in [1.807, 2.05) is 0 Å². The molecule has 2 saturated carbocycles. The minimum Gasteiger partial charge on any atom is -0.327 e. The van der Waals surface area contributed by atoms with Crippen LogP contribution in [0.4, 0.5) is 0 Å². The molecular formula is C17H32N2. The van der Waals surface area contributed by atoms with Crippen molar-refractivity contribution >= 4 is 0 Å². The SMILES string of the molecule is CC1CCC(N)C(CN2CCC[C@H]3CCCC[C@H]32)C1. The highest BCUT2D eigenvalue weighted by molar-refractivity contribution is 4.91. The van der Waals surface area contributed by atoms with Crippen molar-refractivity contribution in [3.63, 3.8) is 0 Å². The van der Waals surface area contributed by atoms with Crippen LogP contribution in [-0.2, 0) is 0 Å². The van der Waals surface area contributed by atoms with Gasteiger partial charge in [-0.15, -0.1) is 0 Å². The lowest BCUT2D eigenvalue weighted by Crippen LogP contribution is -2.51. The number of nitrogens with two attached hydrogens (primary N) is 1. The second kappa shape index (κ2) is 6.13. The summed E-state index contributed by atoms with van der Waals surface area (Å²) >= 11 is 0. The first kappa shape index (κ1) is 13.9. The van der Waals surface area contributed by atoms with E-state index < -0.39 is 0 Å². The van der Waals surface area contributed by atoms with Crippen LogP contribution in [0.25, 0.3) is 0 Å². The van der Waals surface area contributed by atoms with Gasteiger partial charge in [0.2, 0.25) is 0 Å². The Bertz CT molecular complexity index is 289. The fourth-order valence-electron chi connectivity index (χ4n) is 4.99. The Kier molecular flexibility index (Phi) is 4.48. The van der Waals surface area contributed by atoms with E-state index in [0.717, 1.165) is 23.8 Å². The third-order valence-corrected chi connectivity index (χ3v) is 6.13. The number of piperidine rings is 1. The second-order valence-corrected chi connectivity index (χ2v) is 7.59. The first-order valence-corrected chi connectivity index (χ1v) is 8.73. The van der Waals surface area contributed by atoms with Gasteiger partial charge in [-0.05, 0) is 69.2 Å². The molecule has 2 N–H and O–H groups in total. The van der Waals surface area contributed by atoms with Crippen LogP contribution in [0.2, 0.25) is 0 Å². The Morgan fingerprint density at radius 1 is 1.00 bits per heavy atom. The highest BCUT2D eigenvalue weighted by atomic mass is 15.2. The maximum Gasteiger partial charge on any atom is 0.0124 e. The highest BCUT2D eigenvalue weighted by Crippen LogP contribution is 2.37. The van der Waals surface area contributed by atoms with E-state index in [9.17, 15) is 0 Å². The summed E-state index contributed by atoms with van der Waals surface area (Å²) in [6.45, 7) is 5.06. The van der Waals surface area contributed by atoms with Crippen molar-refractivity contribution < 1.29 is 0 Å². The number of nitrogens with zero attached hydrogens (tertiary/aromatic N) is 1. The van der Waals surface area contributed by atoms with Crippen LogP contribution in [0.1, 0.15) is 64.7 Å². The molecule has 1 heterocycles. The predicted molar refractivity (Wildman–Crippen MR) is 81.0 cm³/mol. The van der Waals surface area contributed by atoms with Gasteiger partial charge in [0.1, 0.15) is 0 Å². The average Bonchev–Trinajstić information content (AvgIpc) is 2.43. The van der Waals surface area contributed by atoms with Gasteiger partial charge in [0, 0.05) is 18.6 Å². The molecule has 0 radical (unpaired) electrons. The van der Waals surface area contributed by atoms with Gasteiger partial charge in [-0.2, -0.15) is 0 Å². The minimum atomic E-state index is 0.472. The second-order valence-electron chi connectivity index (χ2n) is 7.59. The first-order valence-electron chi connectivity index (χ1n) is 8.73. The van der Waals surface area contributed by atoms with Crippen molar-refractivity contribution in [3.8, 4) is 0 Å². The molecule has 3 aliphatic rings. The molecule has 1 saturated heterocycles. The Labute approximate surface area is 119 Å². The molecule has 2 aliphatic carbocycles. The van der Waals surface area contributed by atoms with Crippen LogP contribution in [-0.4, -0.2) is 30.1 Å². The molecule has 0 aromatic rings. The molecule has 1 aliphatic heterocycles. The van der Waals surface area contributed by atoms with E-state index in [0.29, 0.717) is 6.04 Å². The number of hydrogen-bond donors (Lipinski definition) is 1. The lowest BCUT2D eigenvalue weighted by molar-refractivity contribution is 0.0358. The molecule has 3 unspecified atom stereocenters. The smallest absolute Gasteiger partial charge is 0.0124 e. The van der Waals surface area contributed by atoms with Crippen LogP contribution < -0.4 is 5.73 Å². The van der Waals surface area contributed by atoms with Crippen molar-refractivity contribution in [2.75, 3.05) is 13.1 Å². The van der Waals surface area contributed by atoms with Crippen LogP contribution in [0.15, 0.2) is 0 Å². The average molecular weight is 264 g/mol. The summed E-state index contributed by atoms with van der Waals surface area (Å²) in [4.78, 5) is 2.84. The summed E-state index contributed by atoms with van der Waals surface area (Å²) in [5.74, 6) is 2.68. The lowest BCUT2D eigenvalue weighted by atomic mass is 9.75. The van der Waals surface area contributed by atoms with Gasteiger partial charge in [0.05, 0.1) is 0 Å². The van der Waals surface area contributed by atoms with E-state index in [1.54, 1.807) is 0 Å². The molecule has 0 aromatic heterocycles. The minimum absolute atomic E-state index is 0.472. The Morgan fingerprint density at radius 2 is 1.79 bits per heavy atom. The largest absolute Gasteiger partial charge is 0.327 e. The predicted octanol–water partition coefficient (Wildman–Crippen LogP) is 3.40.